The van der Waals surface area contributed by atoms with Crippen molar-refractivity contribution < 1.29 is 4.39 Å². The highest BCUT2D eigenvalue weighted by atomic mass is 79.9. The summed E-state index contributed by atoms with van der Waals surface area (Å²) >= 11 is 9.86. The van der Waals surface area contributed by atoms with Gasteiger partial charge >= 0.3 is 0 Å². The molecular weight excluding hydrogens is 339 g/mol. The third-order valence-electron chi connectivity index (χ3n) is 3.15. The predicted octanol–water partition coefficient (Wildman–Crippen LogP) is 6.11. The van der Waals surface area contributed by atoms with E-state index in [-0.39, 0.29) is 11.2 Å². The van der Waals surface area contributed by atoms with Crippen molar-refractivity contribution in [2.75, 3.05) is 0 Å². The van der Waals surface area contributed by atoms with E-state index in [1.807, 2.05) is 12.1 Å². The average molecular weight is 356 g/mol. The van der Waals surface area contributed by atoms with Crippen molar-refractivity contribution in [3.8, 4) is 0 Å². The minimum Gasteiger partial charge on any atom is -0.207 e. The Morgan fingerprint density at radius 2 is 1.75 bits per heavy atom. The monoisotopic (exact) mass is 354 g/mol. The van der Waals surface area contributed by atoms with Gasteiger partial charge in [-0.2, -0.15) is 0 Å². The van der Waals surface area contributed by atoms with Crippen LogP contribution < -0.4 is 0 Å². The molecule has 0 aliphatic carbocycles. The quantitative estimate of drug-likeness (QED) is 0.580. The Morgan fingerprint density at radius 1 is 1.10 bits per heavy atom. The van der Waals surface area contributed by atoms with Crippen LogP contribution in [-0.4, -0.2) is 0 Å². The van der Waals surface area contributed by atoms with Crippen LogP contribution in [0.1, 0.15) is 35.9 Å². The topological polar surface area (TPSA) is 0 Å². The number of halogens is 3. The minimum absolute atomic E-state index is 0.267. The van der Waals surface area contributed by atoms with Gasteiger partial charge in [0.1, 0.15) is 5.82 Å². The van der Waals surface area contributed by atoms with Crippen LogP contribution in [0.15, 0.2) is 46.9 Å². The van der Waals surface area contributed by atoms with E-state index in [4.69, 9.17) is 11.6 Å². The zero-order valence-electron chi connectivity index (χ0n) is 11.5. The molecule has 0 radical (unpaired) electrons. The highest BCUT2D eigenvalue weighted by Crippen LogP contribution is 2.34. The summed E-state index contributed by atoms with van der Waals surface area (Å²) in [6, 6.07) is 12.9. The molecule has 0 N–H and O–H groups in total. The summed E-state index contributed by atoms with van der Waals surface area (Å²) in [7, 11) is 0. The van der Waals surface area contributed by atoms with Crippen LogP contribution in [-0.2, 0) is 6.42 Å². The van der Waals surface area contributed by atoms with E-state index < -0.39 is 0 Å². The van der Waals surface area contributed by atoms with E-state index in [1.165, 1.54) is 17.7 Å². The molecule has 2 rings (SSSR count). The summed E-state index contributed by atoms with van der Waals surface area (Å²) in [6.45, 7) is 4.40. The van der Waals surface area contributed by atoms with Gasteiger partial charge in [-0.1, -0.05) is 60.1 Å². The Kier molecular flexibility index (Phi) is 5.22. The summed E-state index contributed by atoms with van der Waals surface area (Å²) in [6.07, 6.45) is 1.06. The number of benzene rings is 2. The first-order valence-corrected chi connectivity index (χ1v) is 7.88. The highest BCUT2D eigenvalue weighted by Gasteiger charge is 2.14. The van der Waals surface area contributed by atoms with Crippen LogP contribution in [0.4, 0.5) is 4.39 Å². The highest BCUT2D eigenvalue weighted by molar-refractivity contribution is 9.10. The number of hydrogen-bond acceptors (Lipinski definition) is 0. The van der Waals surface area contributed by atoms with Gasteiger partial charge in [0.15, 0.2) is 0 Å². The molecule has 0 aromatic heterocycles. The third-order valence-corrected chi connectivity index (χ3v) is 4.33. The summed E-state index contributed by atoms with van der Waals surface area (Å²) in [5.41, 5.74) is 3.21. The largest absolute Gasteiger partial charge is 0.207 e. The molecule has 1 unspecified atom stereocenters. The van der Waals surface area contributed by atoms with Gasteiger partial charge in [0, 0.05) is 4.47 Å². The van der Waals surface area contributed by atoms with Crippen molar-refractivity contribution in [1.82, 2.24) is 0 Å². The molecule has 106 valence electrons. The van der Waals surface area contributed by atoms with Crippen molar-refractivity contribution in [1.29, 1.82) is 0 Å². The molecule has 20 heavy (non-hydrogen) atoms. The van der Waals surface area contributed by atoms with E-state index in [0.717, 1.165) is 17.5 Å². The Hall–Kier alpha value is -0.860. The van der Waals surface area contributed by atoms with Gasteiger partial charge in [0.25, 0.3) is 0 Å². The zero-order valence-corrected chi connectivity index (χ0v) is 13.9. The summed E-state index contributed by atoms with van der Waals surface area (Å²) in [4.78, 5) is 0. The maximum absolute atomic E-state index is 13.1. The maximum Gasteiger partial charge on any atom is 0.124 e. The Balaban J connectivity index is 2.22. The van der Waals surface area contributed by atoms with Gasteiger partial charge in [-0.3, -0.25) is 0 Å². The minimum atomic E-state index is -0.280. The van der Waals surface area contributed by atoms with Crippen molar-refractivity contribution >= 4 is 27.5 Å². The molecule has 2 aromatic carbocycles. The van der Waals surface area contributed by atoms with Crippen molar-refractivity contribution in [2.24, 2.45) is 5.92 Å². The summed E-state index contributed by atoms with van der Waals surface area (Å²) in [5, 5.41) is -0.280. The van der Waals surface area contributed by atoms with Gasteiger partial charge in [0.2, 0.25) is 0 Å². The second-order valence-corrected chi connectivity index (χ2v) is 6.66. The molecule has 3 heteroatoms. The van der Waals surface area contributed by atoms with E-state index >= 15 is 0 Å². The molecule has 0 aliphatic heterocycles. The van der Waals surface area contributed by atoms with Gasteiger partial charge < -0.3 is 0 Å². The molecule has 0 saturated carbocycles. The molecule has 0 bridgehead atoms. The van der Waals surface area contributed by atoms with Crippen molar-refractivity contribution in [3.63, 3.8) is 0 Å². The fourth-order valence-corrected chi connectivity index (χ4v) is 3.23. The maximum atomic E-state index is 13.1. The molecule has 0 heterocycles. The Morgan fingerprint density at radius 3 is 2.30 bits per heavy atom. The second kappa shape index (κ2) is 6.73. The Labute approximate surface area is 133 Å². The zero-order chi connectivity index (χ0) is 14.7. The first-order chi connectivity index (χ1) is 9.47. The van der Waals surface area contributed by atoms with Crippen molar-refractivity contribution in [3.05, 3.63) is 69.4 Å². The van der Waals surface area contributed by atoms with E-state index in [0.29, 0.717) is 10.4 Å². The van der Waals surface area contributed by atoms with Gasteiger partial charge in [-0.05, 0) is 41.2 Å². The molecule has 0 spiro atoms. The van der Waals surface area contributed by atoms with E-state index in [1.54, 1.807) is 6.07 Å². The normalized spacial score (nSPS) is 12.7. The lowest BCUT2D eigenvalue weighted by Crippen LogP contribution is -1.97. The fourth-order valence-electron chi connectivity index (χ4n) is 2.18. The predicted molar refractivity (Wildman–Crippen MR) is 86.8 cm³/mol. The molecule has 1 atom stereocenters. The number of alkyl halides is 1. The van der Waals surface area contributed by atoms with Crippen LogP contribution in [0.25, 0.3) is 0 Å². The smallest absolute Gasteiger partial charge is 0.124 e. The molecule has 0 saturated heterocycles. The lowest BCUT2D eigenvalue weighted by molar-refractivity contribution is 0.626. The van der Waals surface area contributed by atoms with Crippen LogP contribution in [0.2, 0.25) is 0 Å². The molecule has 0 nitrogen and oxygen atoms in total. The van der Waals surface area contributed by atoms with Crippen molar-refractivity contribution in [2.45, 2.75) is 25.6 Å². The van der Waals surface area contributed by atoms with E-state index in [2.05, 4.69) is 41.9 Å². The first kappa shape index (κ1) is 15.5. The van der Waals surface area contributed by atoms with Crippen LogP contribution in [0, 0.1) is 11.7 Å². The van der Waals surface area contributed by atoms with E-state index in [9.17, 15) is 4.39 Å². The molecule has 0 amide bonds. The standard InChI is InChI=1S/C17H17BrClF/c1-11(2)9-12-3-5-13(6-4-12)17(19)15-8-7-14(20)10-16(15)18/h3-8,10-11,17H,9H2,1-2H3. The van der Waals surface area contributed by atoms with Crippen LogP contribution >= 0.6 is 27.5 Å². The van der Waals surface area contributed by atoms with Gasteiger partial charge in [-0.25, -0.2) is 4.39 Å². The van der Waals surface area contributed by atoms with Crippen LogP contribution in [0.3, 0.4) is 0 Å². The first-order valence-electron chi connectivity index (χ1n) is 6.65. The third kappa shape index (κ3) is 3.83. The molecule has 0 fully saturated rings. The van der Waals surface area contributed by atoms with Gasteiger partial charge in [0.05, 0.1) is 5.38 Å². The summed E-state index contributed by atoms with van der Waals surface area (Å²) in [5.74, 6) is 0.371. The SMILES string of the molecule is CC(C)Cc1ccc(C(Cl)c2ccc(F)cc2Br)cc1. The molecule has 2 aromatic rings. The Bertz CT molecular complexity index is 578. The lowest BCUT2D eigenvalue weighted by atomic mass is 9.99. The number of hydrogen-bond donors (Lipinski definition) is 0. The average Bonchev–Trinajstić information content (AvgIpc) is 2.38. The summed E-state index contributed by atoms with van der Waals surface area (Å²) < 4.78 is 13.8. The lowest BCUT2D eigenvalue weighted by Gasteiger charge is -2.13. The van der Waals surface area contributed by atoms with Crippen LogP contribution in [0.5, 0.6) is 0 Å². The van der Waals surface area contributed by atoms with Gasteiger partial charge in [-0.15, -0.1) is 11.6 Å². The fraction of sp³-hybridized carbons (Fsp3) is 0.294. The molecular formula is C17H17BrClF. The second-order valence-electron chi connectivity index (χ2n) is 5.37. The number of rotatable bonds is 4. The molecule has 0 aliphatic rings.